The highest BCUT2D eigenvalue weighted by Gasteiger charge is 2.14. The van der Waals surface area contributed by atoms with Crippen LogP contribution in [0.1, 0.15) is 48.3 Å². The lowest BCUT2D eigenvalue weighted by atomic mass is 9.94. The lowest BCUT2D eigenvalue weighted by Crippen LogP contribution is -2.16. The monoisotopic (exact) mass is 257 g/mol. The molecular weight excluding hydrogens is 234 g/mol. The fraction of sp³-hybridized carbons (Fsp3) is 0.438. The van der Waals surface area contributed by atoms with E-state index in [9.17, 15) is 0 Å². The summed E-state index contributed by atoms with van der Waals surface area (Å²) in [5.41, 5.74) is 11.2. The van der Waals surface area contributed by atoms with Gasteiger partial charge in [0.2, 0.25) is 0 Å². The minimum Gasteiger partial charge on any atom is -0.324 e. The molecule has 19 heavy (non-hydrogen) atoms. The van der Waals surface area contributed by atoms with Crippen molar-refractivity contribution < 1.29 is 0 Å². The number of benzene rings is 1. The van der Waals surface area contributed by atoms with Crippen LogP contribution in [0.2, 0.25) is 0 Å². The Morgan fingerprint density at radius 1 is 1.16 bits per heavy atom. The van der Waals surface area contributed by atoms with E-state index in [2.05, 4.69) is 57.1 Å². The largest absolute Gasteiger partial charge is 0.324 e. The van der Waals surface area contributed by atoms with Gasteiger partial charge < -0.3 is 5.73 Å². The van der Waals surface area contributed by atoms with Crippen molar-refractivity contribution in [3.63, 3.8) is 0 Å². The fourth-order valence-corrected chi connectivity index (χ4v) is 2.51. The van der Waals surface area contributed by atoms with Crippen molar-refractivity contribution in [3.8, 4) is 0 Å². The van der Waals surface area contributed by atoms with Gasteiger partial charge in [-0.15, -0.1) is 0 Å². The minimum atomic E-state index is 0.0108. The molecule has 3 nitrogen and oxygen atoms in total. The predicted molar refractivity (Wildman–Crippen MR) is 79.2 cm³/mol. The van der Waals surface area contributed by atoms with Gasteiger partial charge in [-0.25, -0.2) is 0 Å². The first kappa shape index (κ1) is 13.8. The minimum absolute atomic E-state index is 0.0108. The maximum absolute atomic E-state index is 6.36. The van der Waals surface area contributed by atoms with Gasteiger partial charge in [-0.2, -0.15) is 5.10 Å². The Labute approximate surface area is 115 Å². The summed E-state index contributed by atoms with van der Waals surface area (Å²) in [4.78, 5) is 0. The third-order valence-corrected chi connectivity index (χ3v) is 3.53. The Bertz CT molecular complexity index is 535. The molecule has 0 saturated carbocycles. The summed E-state index contributed by atoms with van der Waals surface area (Å²) in [5.74, 6) is 0. The van der Waals surface area contributed by atoms with E-state index in [1.165, 1.54) is 16.7 Å². The molecule has 0 saturated heterocycles. The first-order valence-electron chi connectivity index (χ1n) is 6.84. The fourth-order valence-electron chi connectivity index (χ4n) is 2.51. The first-order valence-corrected chi connectivity index (χ1v) is 6.84. The maximum atomic E-state index is 6.36. The van der Waals surface area contributed by atoms with Gasteiger partial charge in [-0.3, -0.25) is 4.68 Å². The summed E-state index contributed by atoms with van der Waals surface area (Å²) < 4.78 is 1.98. The Balaban J connectivity index is 2.18. The number of aryl methyl sites for hydroxylation is 2. The molecule has 1 aromatic heterocycles. The number of nitrogens with two attached hydrogens (primary N) is 1. The van der Waals surface area contributed by atoms with Crippen molar-refractivity contribution in [1.82, 2.24) is 9.78 Å². The molecule has 0 aliphatic heterocycles. The van der Waals surface area contributed by atoms with E-state index in [0.717, 1.165) is 12.1 Å². The highest BCUT2D eigenvalue weighted by Crippen LogP contribution is 2.22. The second-order valence-electron chi connectivity index (χ2n) is 5.50. The number of rotatable bonds is 4. The van der Waals surface area contributed by atoms with E-state index in [1.54, 1.807) is 0 Å². The molecule has 0 bridgehead atoms. The summed E-state index contributed by atoms with van der Waals surface area (Å²) >= 11 is 0. The Morgan fingerprint density at radius 2 is 1.79 bits per heavy atom. The van der Waals surface area contributed by atoms with E-state index < -0.39 is 0 Å². The van der Waals surface area contributed by atoms with Crippen molar-refractivity contribution in [3.05, 3.63) is 52.8 Å². The summed E-state index contributed by atoms with van der Waals surface area (Å²) in [5, 5.41) is 4.57. The van der Waals surface area contributed by atoms with Gasteiger partial charge in [0.05, 0.1) is 5.69 Å². The van der Waals surface area contributed by atoms with Crippen molar-refractivity contribution in [2.24, 2.45) is 5.73 Å². The molecule has 0 aliphatic rings. The Morgan fingerprint density at radius 3 is 2.32 bits per heavy atom. The van der Waals surface area contributed by atoms with E-state index >= 15 is 0 Å². The molecule has 102 valence electrons. The molecular formula is C16H23N3. The van der Waals surface area contributed by atoms with E-state index in [1.807, 2.05) is 10.9 Å². The lowest BCUT2D eigenvalue weighted by Gasteiger charge is -2.16. The molecule has 3 heteroatoms. The third-order valence-electron chi connectivity index (χ3n) is 3.53. The van der Waals surface area contributed by atoms with Gasteiger partial charge in [0.1, 0.15) is 0 Å². The number of nitrogens with zero attached hydrogens (tertiary/aromatic N) is 2. The van der Waals surface area contributed by atoms with Gasteiger partial charge in [0.25, 0.3) is 0 Å². The molecule has 1 unspecified atom stereocenters. The average Bonchev–Trinajstić information content (AvgIpc) is 2.77. The molecule has 0 fully saturated rings. The number of hydrogen-bond donors (Lipinski definition) is 1. The zero-order valence-electron chi connectivity index (χ0n) is 12.2. The topological polar surface area (TPSA) is 43.8 Å². The van der Waals surface area contributed by atoms with Crippen molar-refractivity contribution in [1.29, 1.82) is 0 Å². The second kappa shape index (κ2) is 5.57. The highest BCUT2D eigenvalue weighted by molar-refractivity contribution is 5.36. The second-order valence-corrected chi connectivity index (χ2v) is 5.50. The standard InChI is InChI=1S/C16H23N3/c1-11(2)19-9-8-14(18-19)10-15(17)16-12(3)6-5-7-13(16)4/h5-9,11,15H,10,17H2,1-4H3. The van der Waals surface area contributed by atoms with Gasteiger partial charge in [0, 0.05) is 24.7 Å². The lowest BCUT2D eigenvalue weighted by molar-refractivity contribution is 0.522. The molecule has 1 atom stereocenters. The van der Waals surface area contributed by atoms with Crippen LogP contribution in [0.4, 0.5) is 0 Å². The normalized spacial score (nSPS) is 12.9. The summed E-state index contributed by atoms with van der Waals surface area (Å²) in [6.45, 7) is 8.49. The van der Waals surface area contributed by atoms with Gasteiger partial charge in [0.15, 0.2) is 0 Å². The molecule has 0 spiro atoms. The van der Waals surface area contributed by atoms with Crippen LogP contribution in [-0.4, -0.2) is 9.78 Å². The zero-order valence-corrected chi connectivity index (χ0v) is 12.2. The molecule has 1 aromatic carbocycles. The van der Waals surface area contributed by atoms with Gasteiger partial charge >= 0.3 is 0 Å². The molecule has 0 amide bonds. The van der Waals surface area contributed by atoms with Crippen molar-refractivity contribution in [2.75, 3.05) is 0 Å². The summed E-state index contributed by atoms with van der Waals surface area (Å²) in [6.07, 6.45) is 2.81. The van der Waals surface area contributed by atoms with Crippen LogP contribution in [0.25, 0.3) is 0 Å². The van der Waals surface area contributed by atoms with Crippen LogP contribution in [0, 0.1) is 13.8 Å². The molecule has 2 N–H and O–H groups in total. The van der Waals surface area contributed by atoms with Crippen LogP contribution in [0.3, 0.4) is 0 Å². The Hall–Kier alpha value is -1.61. The van der Waals surface area contributed by atoms with Crippen molar-refractivity contribution in [2.45, 2.75) is 46.2 Å². The first-order chi connectivity index (χ1) is 8.99. The van der Waals surface area contributed by atoms with Crippen LogP contribution >= 0.6 is 0 Å². The number of aromatic nitrogens is 2. The van der Waals surface area contributed by atoms with E-state index in [0.29, 0.717) is 6.04 Å². The van der Waals surface area contributed by atoms with Crippen LogP contribution < -0.4 is 5.73 Å². The SMILES string of the molecule is Cc1cccc(C)c1C(N)Cc1ccn(C(C)C)n1. The smallest absolute Gasteiger partial charge is 0.0643 e. The maximum Gasteiger partial charge on any atom is 0.0643 e. The molecule has 1 heterocycles. The molecule has 2 aromatic rings. The highest BCUT2D eigenvalue weighted by atomic mass is 15.3. The predicted octanol–water partition coefficient (Wildman–Crippen LogP) is 3.32. The van der Waals surface area contributed by atoms with E-state index in [4.69, 9.17) is 5.73 Å². The summed E-state index contributed by atoms with van der Waals surface area (Å²) in [7, 11) is 0. The van der Waals surface area contributed by atoms with Crippen LogP contribution in [-0.2, 0) is 6.42 Å². The third kappa shape index (κ3) is 3.04. The Kier molecular flexibility index (Phi) is 4.05. The molecule has 2 rings (SSSR count). The molecule has 0 radical (unpaired) electrons. The quantitative estimate of drug-likeness (QED) is 0.913. The van der Waals surface area contributed by atoms with Crippen LogP contribution in [0.5, 0.6) is 0 Å². The van der Waals surface area contributed by atoms with E-state index in [-0.39, 0.29) is 6.04 Å². The average molecular weight is 257 g/mol. The number of hydrogen-bond acceptors (Lipinski definition) is 2. The van der Waals surface area contributed by atoms with Gasteiger partial charge in [-0.05, 0) is 50.5 Å². The molecule has 0 aliphatic carbocycles. The zero-order chi connectivity index (χ0) is 14.0. The van der Waals surface area contributed by atoms with Gasteiger partial charge in [-0.1, -0.05) is 18.2 Å². The van der Waals surface area contributed by atoms with Crippen LogP contribution in [0.15, 0.2) is 30.5 Å². The van der Waals surface area contributed by atoms with Crippen molar-refractivity contribution >= 4 is 0 Å². The summed E-state index contributed by atoms with van der Waals surface area (Å²) in [6, 6.07) is 8.79.